The maximum Gasteiger partial charge on any atom is 0.165 e. The van der Waals surface area contributed by atoms with Crippen LogP contribution in [0.15, 0.2) is 72.8 Å². The number of aryl methyl sites for hydroxylation is 4. The zero-order chi connectivity index (χ0) is 29.7. The van der Waals surface area contributed by atoms with Crippen molar-refractivity contribution in [1.82, 2.24) is 39.9 Å². The van der Waals surface area contributed by atoms with E-state index >= 15 is 0 Å². The zero-order valence-electron chi connectivity index (χ0n) is 24.6. The molecule has 0 saturated carbocycles. The Balaban J connectivity index is 1.54. The van der Waals surface area contributed by atoms with Crippen molar-refractivity contribution in [2.24, 2.45) is 0 Å². The number of benzene rings is 4. The number of fused-ring (bicyclic) bond motifs is 20. The minimum Gasteiger partial charge on any atom is -0.324 e. The first-order valence-corrected chi connectivity index (χ1v) is 14.7. The lowest BCUT2D eigenvalue weighted by Crippen LogP contribution is -1.86. The second-order valence-corrected chi connectivity index (χ2v) is 11.6. The molecule has 8 nitrogen and oxygen atoms in total. The van der Waals surface area contributed by atoms with E-state index in [-0.39, 0.29) is 0 Å². The first-order valence-electron chi connectivity index (χ1n) is 14.7. The first-order chi connectivity index (χ1) is 21.4. The minimum atomic E-state index is 0.611. The predicted octanol–water partition coefficient (Wildman–Crippen LogP) is 8.10. The van der Waals surface area contributed by atoms with Gasteiger partial charge >= 0.3 is 0 Å². The lowest BCUT2D eigenvalue weighted by molar-refractivity contribution is 1.19. The standard InChI is InChI=1S/C36H26N8/c1-17-9-5-13-21-25(17)33-37-29(21)42-34-27-19(3)11-7-15-23(27)31(39-34)44-36-28-20(4)12-8-16-24(28)32(40-36)43-35-26-18(2)10-6-14-22(26)30(38-35)41-33/h5-16H,1-4H3,(H2,37,38,39,40,41,42,43,44). The van der Waals surface area contributed by atoms with E-state index in [1.165, 1.54) is 0 Å². The highest BCUT2D eigenvalue weighted by molar-refractivity contribution is 6.08. The molecule has 7 aromatic rings. The van der Waals surface area contributed by atoms with Crippen LogP contribution in [-0.4, -0.2) is 39.9 Å². The summed E-state index contributed by atoms with van der Waals surface area (Å²) in [7, 11) is 0. The van der Waals surface area contributed by atoms with Gasteiger partial charge in [0.05, 0.1) is 0 Å². The van der Waals surface area contributed by atoms with Crippen LogP contribution < -0.4 is 0 Å². The molecule has 0 radical (unpaired) electrons. The summed E-state index contributed by atoms with van der Waals surface area (Å²) in [6.07, 6.45) is 0. The smallest absolute Gasteiger partial charge is 0.165 e. The molecular formula is C36H26N8. The summed E-state index contributed by atoms with van der Waals surface area (Å²) in [6, 6.07) is 24.8. The molecule has 9 rings (SSSR count). The lowest BCUT2D eigenvalue weighted by atomic mass is 10.0. The Bertz CT molecular complexity index is 2380. The van der Waals surface area contributed by atoms with Crippen molar-refractivity contribution >= 4 is 44.1 Å². The summed E-state index contributed by atoms with van der Waals surface area (Å²) in [5.41, 5.74) is 11.0. The Morgan fingerprint density at radius 3 is 1.23 bits per heavy atom. The van der Waals surface area contributed by atoms with Crippen molar-refractivity contribution in [2.45, 2.75) is 27.7 Å². The van der Waals surface area contributed by atoms with E-state index in [9.17, 15) is 0 Å². The first kappa shape index (κ1) is 24.8. The molecule has 44 heavy (non-hydrogen) atoms. The molecule has 210 valence electrons. The van der Waals surface area contributed by atoms with Crippen molar-refractivity contribution in [1.29, 1.82) is 0 Å². The molecule has 8 bridgehead atoms. The van der Waals surface area contributed by atoms with E-state index in [4.69, 9.17) is 29.9 Å². The van der Waals surface area contributed by atoms with Crippen LogP contribution in [-0.2, 0) is 0 Å². The normalized spacial score (nSPS) is 12.1. The summed E-state index contributed by atoms with van der Waals surface area (Å²) in [5.74, 6) is 2.46. The van der Waals surface area contributed by atoms with Crippen LogP contribution >= 0.6 is 0 Å². The Morgan fingerprint density at radius 2 is 0.773 bits per heavy atom. The molecule has 0 aliphatic carbocycles. The SMILES string of the molecule is Cc1cccc2c1-c1nc-2nc2[nH]c(nc3nc(nc4[nH]c(n1)c1cccc(C)c41)-c1cccc(C)c1-3)c1cccc(C)c21. The van der Waals surface area contributed by atoms with Gasteiger partial charge in [0.1, 0.15) is 22.6 Å². The average Bonchev–Trinajstić information content (AvgIpc) is 3.74. The summed E-state index contributed by atoms with van der Waals surface area (Å²) in [5, 5.41) is 3.96. The molecule has 0 spiro atoms. The number of nitrogens with one attached hydrogen (secondary N) is 2. The van der Waals surface area contributed by atoms with Crippen LogP contribution in [0.2, 0.25) is 0 Å². The highest BCUT2D eigenvalue weighted by Gasteiger charge is 2.24. The highest BCUT2D eigenvalue weighted by Crippen LogP contribution is 2.39. The molecule has 5 heterocycles. The van der Waals surface area contributed by atoms with Gasteiger partial charge in [-0.3, -0.25) is 0 Å². The predicted molar refractivity (Wildman–Crippen MR) is 175 cm³/mol. The van der Waals surface area contributed by atoms with Crippen LogP contribution in [0.4, 0.5) is 0 Å². The van der Waals surface area contributed by atoms with Crippen LogP contribution in [0.5, 0.6) is 0 Å². The molecule has 3 aromatic heterocycles. The van der Waals surface area contributed by atoms with Gasteiger partial charge in [0.2, 0.25) is 0 Å². The van der Waals surface area contributed by atoms with Crippen LogP contribution in [0.25, 0.3) is 89.7 Å². The van der Waals surface area contributed by atoms with Gasteiger partial charge in [-0.2, -0.15) is 0 Å². The second-order valence-electron chi connectivity index (χ2n) is 11.6. The van der Waals surface area contributed by atoms with E-state index in [1.807, 2.05) is 24.3 Å². The fourth-order valence-electron chi connectivity index (χ4n) is 6.68. The quantitative estimate of drug-likeness (QED) is 0.191. The fourth-order valence-corrected chi connectivity index (χ4v) is 6.68. The van der Waals surface area contributed by atoms with Gasteiger partial charge in [0.15, 0.2) is 23.3 Å². The largest absolute Gasteiger partial charge is 0.324 e. The number of hydrogen-bond donors (Lipinski definition) is 2. The monoisotopic (exact) mass is 570 g/mol. The van der Waals surface area contributed by atoms with Gasteiger partial charge in [-0.05, 0) is 49.9 Å². The number of nitrogens with zero attached hydrogens (tertiary/aromatic N) is 6. The molecule has 2 aliphatic rings. The van der Waals surface area contributed by atoms with Crippen molar-refractivity contribution in [3.63, 3.8) is 0 Å². The average molecular weight is 571 g/mol. The fraction of sp³-hybridized carbons (Fsp3) is 0.111. The van der Waals surface area contributed by atoms with E-state index in [0.29, 0.717) is 45.9 Å². The van der Waals surface area contributed by atoms with E-state index < -0.39 is 0 Å². The molecule has 0 unspecified atom stereocenters. The zero-order valence-corrected chi connectivity index (χ0v) is 24.6. The Labute approximate surface area is 252 Å². The van der Waals surface area contributed by atoms with Gasteiger partial charge in [-0.15, -0.1) is 0 Å². The molecule has 4 aromatic carbocycles. The summed E-state index contributed by atoms with van der Waals surface area (Å²) in [6.45, 7) is 8.36. The van der Waals surface area contributed by atoms with Crippen molar-refractivity contribution in [3.8, 4) is 45.6 Å². The summed E-state index contributed by atoms with van der Waals surface area (Å²) >= 11 is 0. The molecular weight excluding hydrogens is 544 g/mol. The van der Waals surface area contributed by atoms with Crippen molar-refractivity contribution in [2.75, 3.05) is 0 Å². The molecule has 2 N–H and O–H groups in total. The molecule has 0 amide bonds. The number of hydrogen-bond acceptors (Lipinski definition) is 6. The van der Waals surface area contributed by atoms with Gasteiger partial charge < -0.3 is 9.97 Å². The number of aromatic amines is 2. The molecule has 0 saturated heterocycles. The molecule has 0 fully saturated rings. The van der Waals surface area contributed by atoms with E-state index in [1.54, 1.807) is 0 Å². The van der Waals surface area contributed by atoms with E-state index in [0.717, 1.165) is 66.1 Å². The Hall–Kier alpha value is -5.76. The summed E-state index contributed by atoms with van der Waals surface area (Å²) < 4.78 is 0. The minimum absolute atomic E-state index is 0.611. The number of rotatable bonds is 0. The number of aromatic nitrogens is 8. The Morgan fingerprint density at radius 1 is 0.386 bits per heavy atom. The third-order valence-electron chi connectivity index (χ3n) is 8.77. The molecule has 8 heteroatoms. The maximum atomic E-state index is 5.15. The third-order valence-corrected chi connectivity index (χ3v) is 8.77. The van der Waals surface area contributed by atoms with Crippen molar-refractivity contribution < 1.29 is 0 Å². The second kappa shape index (κ2) is 8.87. The van der Waals surface area contributed by atoms with Crippen LogP contribution in [0.1, 0.15) is 22.3 Å². The topological polar surface area (TPSA) is 109 Å². The van der Waals surface area contributed by atoms with Crippen LogP contribution in [0, 0.1) is 27.7 Å². The van der Waals surface area contributed by atoms with Crippen LogP contribution in [0.3, 0.4) is 0 Å². The highest BCUT2D eigenvalue weighted by atomic mass is 15.1. The van der Waals surface area contributed by atoms with Gasteiger partial charge in [0, 0.05) is 43.8 Å². The summed E-state index contributed by atoms with van der Waals surface area (Å²) in [4.78, 5) is 37.7. The van der Waals surface area contributed by atoms with E-state index in [2.05, 4.69) is 86.2 Å². The lowest BCUT2D eigenvalue weighted by Gasteiger charge is -2.02. The van der Waals surface area contributed by atoms with Gasteiger partial charge in [-0.25, -0.2) is 29.9 Å². The third kappa shape index (κ3) is 3.45. The van der Waals surface area contributed by atoms with Gasteiger partial charge in [-0.1, -0.05) is 72.8 Å². The number of H-pyrrole nitrogens is 2. The molecule has 2 aliphatic heterocycles. The van der Waals surface area contributed by atoms with Gasteiger partial charge in [0.25, 0.3) is 0 Å². The maximum absolute atomic E-state index is 5.15. The molecule has 0 atom stereocenters. The van der Waals surface area contributed by atoms with Crippen molar-refractivity contribution in [3.05, 3.63) is 95.1 Å². The Kier molecular flexibility index (Phi) is 5.00.